The smallest absolute Gasteiger partial charge is 0.292 e. The monoisotopic (exact) mass is 322 g/mol. The lowest BCUT2D eigenvalue weighted by Gasteiger charge is -1.96. The third-order valence-corrected chi connectivity index (χ3v) is 2.72. The largest absolute Gasteiger partial charge is 0.471 e. The molecule has 0 aliphatic carbocycles. The van der Waals surface area contributed by atoms with Crippen LogP contribution in [0.2, 0.25) is 0 Å². The molecule has 0 fully saturated rings. The average molecular weight is 324 g/mol. The van der Waals surface area contributed by atoms with E-state index in [0.29, 0.717) is 6.47 Å². The summed E-state index contributed by atoms with van der Waals surface area (Å²) in [6.45, 7) is 0.375. The number of carbonyl (C=O) groups excluding carboxylic acids is 1. The number of alkyl halides is 2. The molecule has 0 saturated heterocycles. The number of rotatable bonds is 3. The summed E-state index contributed by atoms with van der Waals surface area (Å²) >= 11 is 6.78. The van der Waals surface area contributed by atoms with Gasteiger partial charge in [0.05, 0.1) is 7.11 Å². The van der Waals surface area contributed by atoms with E-state index >= 15 is 0 Å². The molecule has 1 aromatic rings. The van der Waals surface area contributed by atoms with Crippen LogP contribution in [-0.4, -0.2) is 13.6 Å². The molecule has 0 atom stereocenters. The molecule has 2 nitrogen and oxygen atoms in total. The minimum absolute atomic E-state index is 0.375. The molecule has 0 aliphatic heterocycles. The Morgan fingerprint density at radius 3 is 1.57 bits per heavy atom. The summed E-state index contributed by atoms with van der Waals surface area (Å²) in [6, 6.07) is 8.52. The van der Waals surface area contributed by atoms with Crippen molar-refractivity contribution in [2.24, 2.45) is 0 Å². The Morgan fingerprint density at radius 1 is 1.14 bits per heavy atom. The predicted octanol–water partition coefficient (Wildman–Crippen LogP) is 3.27. The quantitative estimate of drug-likeness (QED) is 0.630. The van der Waals surface area contributed by atoms with Crippen LogP contribution < -0.4 is 0 Å². The van der Waals surface area contributed by atoms with Gasteiger partial charge in [0.2, 0.25) is 0 Å². The zero-order valence-electron chi connectivity index (χ0n) is 7.87. The second-order valence-corrected chi connectivity index (χ2v) is 3.54. The molecule has 0 amide bonds. The standard InChI is InChI=1S/C8H8Br2.C2H4O2/c9-5-7-1-2-8(6-10)4-3-7;1-4-2-3/h1-4H,5-6H2;2H,1H3. The highest BCUT2D eigenvalue weighted by Crippen LogP contribution is 2.09. The lowest BCUT2D eigenvalue weighted by atomic mass is 10.2. The summed E-state index contributed by atoms with van der Waals surface area (Å²) < 4.78 is 3.86. The minimum atomic E-state index is 0.375. The van der Waals surface area contributed by atoms with Crippen LogP contribution >= 0.6 is 31.9 Å². The van der Waals surface area contributed by atoms with Crippen LogP contribution in [0.25, 0.3) is 0 Å². The van der Waals surface area contributed by atoms with E-state index in [1.807, 2.05) is 0 Å². The first-order valence-electron chi connectivity index (χ1n) is 3.94. The van der Waals surface area contributed by atoms with Gasteiger partial charge in [0.15, 0.2) is 0 Å². The number of methoxy groups -OCH3 is 1. The van der Waals surface area contributed by atoms with Gasteiger partial charge in [0.25, 0.3) is 6.47 Å². The van der Waals surface area contributed by atoms with Crippen molar-refractivity contribution < 1.29 is 9.53 Å². The van der Waals surface area contributed by atoms with E-state index in [2.05, 4.69) is 60.9 Å². The van der Waals surface area contributed by atoms with Crippen molar-refractivity contribution in [3.8, 4) is 0 Å². The van der Waals surface area contributed by atoms with Gasteiger partial charge in [-0.05, 0) is 11.1 Å². The topological polar surface area (TPSA) is 26.3 Å². The SMILES string of the molecule is BrCc1ccc(CBr)cc1.COC=O. The summed E-state index contributed by atoms with van der Waals surface area (Å²) in [4.78, 5) is 8.95. The van der Waals surface area contributed by atoms with Gasteiger partial charge in [-0.25, -0.2) is 0 Å². The van der Waals surface area contributed by atoms with Gasteiger partial charge in [-0.15, -0.1) is 0 Å². The second kappa shape index (κ2) is 9.21. The fourth-order valence-corrected chi connectivity index (χ4v) is 1.47. The van der Waals surface area contributed by atoms with Crippen molar-refractivity contribution in [2.75, 3.05) is 7.11 Å². The Hall–Kier alpha value is -0.350. The molecular weight excluding hydrogens is 312 g/mol. The summed E-state index contributed by atoms with van der Waals surface area (Å²) in [5.74, 6) is 0. The lowest BCUT2D eigenvalue weighted by molar-refractivity contribution is -0.126. The summed E-state index contributed by atoms with van der Waals surface area (Å²) in [6.07, 6.45) is 0. The molecule has 0 bridgehead atoms. The average Bonchev–Trinajstić information content (AvgIpc) is 2.29. The van der Waals surface area contributed by atoms with Gasteiger partial charge in [0, 0.05) is 10.7 Å². The fraction of sp³-hybridized carbons (Fsp3) is 0.300. The zero-order valence-corrected chi connectivity index (χ0v) is 11.0. The van der Waals surface area contributed by atoms with E-state index < -0.39 is 0 Å². The van der Waals surface area contributed by atoms with Gasteiger partial charge in [-0.1, -0.05) is 56.1 Å². The van der Waals surface area contributed by atoms with E-state index in [0.717, 1.165) is 10.7 Å². The van der Waals surface area contributed by atoms with Gasteiger partial charge < -0.3 is 4.74 Å². The minimum Gasteiger partial charge on any atom is -0.471 e. The highest BCUT2D eigenvalue weighted by molar-refractivity contribution is 9.08. The molecule has 0 N–H and O–H groups in total. The number of benzene rings is 1. The first kappa shape index (κ1) is 13.7. The second-order valence-electron chi connectivity index (χ2n) is 2.42. The van der Waals surface area contributed by atoms with Crippen LogP contribution in [0.15, 0.2) is 24.3 Å². The Labute approximate surface area is 101 Å². The molecular formula is C10H12Br2O2. The summed E-state index contributed by atoms with van der Waals surface area (Å²) in [5.41, 5.74) is 2.65. The molecule has 78 valence electrons. The maximum absolute atomic E-state index is 8.95. The predicted molar refractivity (Wildman–Crippen MR) is 64.8 cm³/mol. The molecule has 1 aromatic carbocycles. The molecule has 0 aromatic heterocycles. The number of ether oxygens (including phenoxy) is 1. The normalized spacial score (nSPS) is 8.50. The van der Waals surface area contributed by atoms with E-state index in [1.54, 1.807) is 0 Å². The van der Waals surface area contributed by atoms with Crippen molar-refractivity contribution in [1.29, 1.82) is 0 Å². The van der Waals surface area contributed by atoms with Crippen molar-refractivity contribution in [3.05, 3.63) is 35.4 Å². The third-order valence-electron chi connectivity index (χ3n) is 1.43. The van der Waals surface area contributed by atoms with Crippen molar-refractivity contribution in [3.63, 3.8) is 0 Å². The Kier molecular flexibility index (Phi) is 8.98. The van der Waals surface area contributed by atoms with E-state index in [4.69, 9.17) is 4.79 Å². The fourth-order valence-electron chi connectivity index (χ4n) is 0.717. The number of hydrogen-bond acceptors (Lipinski definition) is 2. The van der Waals surface area contributed by atoms with E-state index in [-0.39, 0.29) is 0 Å². The van der Waals surface area contributed by atoms with Crippen LogP contribution in [0.4, 0.5) is 0 Å². The lowest BCUT2D eigenvalue weighted by Crippen LogP contribution is -1.78. The number of halogens is 2. The summed E-state index contributed by atoms with van der Waals surface area (Å²) in [7, 11) is 1.31. The third kappa shape index (κ3) is 6.16. The van der Waals surface area contributed by atoms with Crippen LogP contribution in [0.3, 0.4) is 0 Å². The van der Waals surface area contributed by atoms with E-state index in [1.165, 1.54) is 18.2 Å². The van der Waals surface area contributed by atoms with Crippen LogP contribution in [0.5, 0.6) is 0 Å². The maximum atomic E-state index is 8.95. The van der Waals surface area contributed by atoms with Gasteiger partial charge in [-0.3, -0.25) is 4.79 Å². The van der Waals surface area contributed by atoms with Crippen LogP contribution in [0, 0.1) is 0 Å². The molecule has 0 heterocycles. The molecule has 0 aliphatic rings. The molecule has 14 heavy (non-hydrogen) atoms. The van der Waals surface area contributed by atoms with Crippen molar-refractivity contribution >= 4 is 38.3 Å². The molecule has 0 unspecified atom stereocenters. The Balaban J connectivity index is 0.000000364. The van der Waals surface area contributed by atoms with Crippen molar-refractivity contribution in [1.82, 2.24) is 0 Å². The number of hydrogen-bond donors (Lipinski definition) is 0. The Morgan fingerprint density at radius 2 is 1.43 bits per heavy atom. The maximum Gasteiger partial charge on any atom is 0.292 e. The number of carbonyl (C=O) groups is 1. The molecule has 1 rings (SSSR count). The van der Waals surface area contributed by atoms with Gasteiger partial charge in [0.1, 0.15) is 0 Å². The zero-order chi connectivity index (χ0) is 10.8. The van der Waals surface area contributed by atoms with Gasteiger partial charge in [-0.2, -0.15) is 0 Å². The molecule has 0 saturated carbocycles. The van der Waals surface area contributed by atoms with E-state index in [9.17, 15) is 0 Å². The highest BCUT2D eigenvalue weighted by atomic mass is 79.9. The first-order valence-corrected chi connectivity index (χ1v) is 6.19. The molecule has 4 heteroatoms. The van der Waals surface area contributed by atoms with Crippen molar-refractivity contribution in [2.45, 2.75) is 10.7 Å². The van der Waals surface area contributed by atoms with Crippen LogP contribution in [0.1, 0.15) is 11.1 Å². The summed E-state index contributed by atoms with van der Waals surface area (Å²) in [5, 5.41) is 1.88. The molecule has 0 spiro atoms. The van der Waals surface area contributed by atoms with Gasteiger partial charge >= 0.3 is 0 Å². The molecule has 0 radical (unpaired) electrons. The highest BCUT2D eigenvalue weighted by Gasteiger charge is 1.89. The first-order chi connectivity index (χ1) is 6.78. The Bertz CT molecular complexity index is 224. The van der Waals surface area contributed by atoms with Crippen LogP contribution in [-0.2, 0) is 20.2 Å².